The number of alkyl halides is 2. The lowest BCUT2D eigenvalue weighted by Gasteiger charge is -2.34. The lowest BCUT2D eigenvalue weighted by molar-refractivity contribution is -0.119. The lowest BCUT2D eigenvalue weighted by atomic mass is 9.95. The first-order valence-corrected chi connectivity index (χ1v) is 9.78. The van der Waals surface area contributed by atoms with Gasteiger partial charge in [-0.15, -0.1) is 0 Å². The summed E-state index contributed by atoms with van der Waals surface area (Å²) in [6.45, 7) is 0.865. The topological polar surface area (TPSA) is 75.3 Å². The molecule has 0 atom stereocenters. The summed E-state index contributed by atoms with van der Waals surface area (Å²) < 4.78 is 47.7. The average molecular weight is 364 g/mol. The molecule has 1 aliphatic rings. The van der Waals surface area contributed by atoms with Crippen molar-refractivity contribution in [2.45, 2.75) is 28.2 Å². The molecule has 1 amide bonds. The van der Waals surface area contributed by atoms with Gasteiger partial charge in [0.2, 0.25) is 5.91 Å². The van der Waals surface area contributed by atoms with Gasteiger partial charge in [0.15, 0.2) is 14.6 Å². The summed E-state index contributed by atoms with van der Waals surface area (Å²) in [5, 5.41) is 5.60. The van der Waals surface area contributed by atoms with Gasteiger partial charge in [0, 0.05) is 16.8 Å². The molecule has 1 fully saturated rings. The molecule has 0 saturated carbocycles. The molecule has 0 radical (unpaired) electrons. The van der Waals surface area contributed by atoms with Crippen molar-refractivity contribution in [1.29, 1.82) is 0 Å². The van der Waals surface area contributed by atoms with E-state index >= 15 is 0 Å². The van der Waals surface area contributed by atoms with Crippen LogP contribution in [0.3, 0.4) is 0 Å². The van der Waals surface area contributed by atoms with E-state index in [4.69, 9.17) is 0 Å². The third-order valence-corrected chi connectivity index (χ3v) is 6.57. The molecule has 9 heteroatoms. The average Bonchev–Trinajstić information content (AvgIpc) is 2.46. The van der Waals surface area contributed by atoms with Gasteiger partial charge < -0.3 is 10.6 Å². The first-order chi connectivity index (χ1) is 10.7. The number of carbonyl (C=O) groups is 1. The van der Waals surface area contributed by atoms with Gasteiger partial charge in [0.1, 0.15) is 0 Å². The summed E-state index contributed by atoms with van der Waals surface area (Å²) in [5.41, 5.74) is 0.308. The molecule has 0 bridgehead atoms. The summed E-state index contributed by atoms with van der Waals surface area (Å²) in [7, 11) is -3.61. The van der Waals surface area contributed by atoms with Crippen LogP contribution in [-0.4, -0.2) is 44.2 Å². The summed E-state index contributed by atoms with van der Waals surface area (Å²) in [5.74, 6) is -3.17. The number of amides is 1. The number of rotatable bonds is 5. The quantitative estimate of drug-likeness (QED) is 0.783. The van der Waals surface area contributed by atoms with Crippen LogP contribution in [0.15, 0.2) is 29.2 Å². The molecule has 0 unspecified atom stereocenters. The molecular formula is C14H18F2N2O3S2. The normalized spacial score (nSPS) is 17.9. The number of hydrogen-bond donors (Lipinski definition) is 2. The highest BCUT2D eigenvalue weighted by Gasteiger charge is 2.48. The largest absolute Gasteiger partial charge is 0.325 e. The Morgan fingerprint density at radius 3 is 2.57 bits per heavy atom. The Bertz CT molecular complexity index is 674. The zero-order valence-corrected chi connectivity index (χ0v) is 14.1. The molecule has 0 aromatic heterocycles. The van der Waals surface area contributed by atoms with Gasteiger partial charge in [-0.25, -0.2) is 8.42 Å². The number of hydrogen-bond acceptors (Lipinski definition) is 5. The van der Waals surface area contributed by atoms with Crippen LogP contribution in [0.4, 0.5) is 14.5 Å². The number of piperidine rings is 1. The van der Waals surface area contributed by atoms with E-state index < -0.39 is 26.2 Å². The Balaban J connectivity index is 2.22. The molecule has 5 nitrogen and oxygen atoms in total. The van der Waals surface area contributed by atoms with E-state index in [0.717, 1.165) is 6.26 Å². The van der Waals surface area contributed by atoms with Crippen molar-refractivity contribution in [1.82, 2.24) is 5.32 Å². The van der Waals surface area contributed by atoms with Crippen LogP contribution in [0.2, 0.25) is 0 Å². The van der Waals surface area contributed by atoms with Crippen molar-refractivity contribution in [3.05, 3.63) is 24.3 Å². The molecule has 0 spiro atoms. The minimum atomic E-state index is -3.61. The number of nitrogens with one attached hydrogen (secondary N) is 2. The van der Waals surface area contributed by atoms with Crippen molar-refractivity contribution in [3.8, 4) is 0 Å². The maximum atomic E-state index is 12.6. The first kappa shape index (κ1) is 18.2. The molecule has 23 heavy (non-hydrogen) atoms. The highest BCUT2D eigenvalue weighted by Crippen LogP contribution is 2.31. The molecule has 2 N–H and O–H groups in total. The molecular weight excluding hydrogens is 346 g/mol. The van der Waals surface area contributed by atoms with Crippen LogP contribution in [0, 0.1) is 0 Å². The summed E-state index contributed by atoms with van der Waals surface area (Å²) in [6.07, 6.45) is 1.42. The summed E-state index contributed by atoms with van der Waals surface area (Å²) >= 11 is 0.367. The minimum absolute atomic E-state index is 0.184. The molecule has 1 aliphatic heterocycles. The van der Waals surface area contributed by atoms with Gasteiger partial charge in [-0.05, 0) is 44.1 Å². The standard InChI is InChI=1S/C14H18F2N2O3S2/c1-23(20,21)14(5-7-17-8-6-14)12(19)18-10-3-2-4-11(9-10)22-13(15)16/h2-4,9,13,17H,5-8H2,1H3,(H,18,19). The Kier molecular flexibility index (Phi) is 5.64. The maximum Gasteiger partial charge on any atom is 0.288 e. The first-order valence-electron chi connectivity index (χ1n) is 7.01. The Morgan fingerprint density at radius 1 is 1.35 bits per heavy atom. The second-order valence-corrected chi connectivity index (χ2v) is 8.77. The zero-order valence-electron chi connectivity index (χ0n) is 12.5. The van der Waals surface area contributed by atoms with Crippen LogP contribution in [0.5, 0.6) is 0 Å². The number of thioether (sulfide) groups is 1. The fraction of sp³-hybridized carbons (Fsp3) is 0.500. The fourth-order valence-electron chi connectivity index (χ4n) is 2.59. The number of sulfone groups is 1. The van der Waals surface area contributed by atoms with E-state index in [9.17, 15) is 22.0 Å². The summed E-state index contributed by atoms with van der Waals surface area (Å²) in [6, 6.07) is 6.00. The molecule has 1 aromatic carbocycles. The molecule has 2 rings (SSSR count). The highest BCUT2D eigenvalue weighted by atomic mass is 32.2. The number of anilines is 1. The predicted molar refractivity (Wildman–Crippen MR) is 86.6 cm³/mol. The van der Waals surface area contributed by atoms with Gasteiger partial charge in [-0.2, -0.15) is 8.78 Å². The van der Waals surface area contributed by atoms with Crippen molar-refractivity contribution in [2.75, 3.05) is 24.7 Å². The zero-order chi connectivity index (χ0) is 17.1. The molecule has 128 valence electrons. The van der Waals surface area contributed by atoms with E-state index in [1.807, 2.05) is 0 Å². The van der Waals surface area contributed by atoms with Crippen LogP contribution in [0.25, 0.3) is 0 Å². The highest BCUT2D eigenvalue weighted by molar-refractivity contribution is 7.99. The van der Waals surface area contributed by atoms with Crippen LogP contribution in [-0.2, 0) is 14.6 Å². The van der Waals surface area contributed by atoms with Crippen LogP contribution >= 0.6 is 11.8 Å². The van der Waals surface area contributed by atoms with Gasteiger partial charge in [-0.3, -0.25) is 4.79 Å². The number of benzene rings is 1. The van der Waals surface area contributed by atoms with E-state index in [2.05, 4.69) is 10.6 Å². The van der Waals surface area contributed by atoms with Crippen molar-refractivity contribution < 1.29 is 22.0 Å². The number of carbonyl (C=O) groups excluding carboxylic acids is 1. The van der Waals surface area contributed by atoms with E-state index in [1.54, 1.807) is 6.07 Å². The Hall–Kier alpha value is -1.19. The van der Waals surface area contributed by atoms with Gasteiger partial charge in [0.05, 0.1) is 0 Å². The SMILES string of the molecule is CS(=O)(=O)C1(C(=O)Nc2cccc(SC(F)F)c2)CCNCC1. The van der Waals surface area contributed by atoms with E-state index in [1.165, 1.54) is 18.2 Å². The molecule has 1 saturated heterocycles. The van der Waals surface area contributed by atoms with E-state index in [0.29, 0.717) is 35.4 Å². The lowest BCUT2D eigenvalue weighted by Crippen LogP contribution is -2.55. The fourth-order valence-corrected chi connectivity index (χ4v) is 4.48. The van der Waals surface area contributed by atoms with Crippen LogP contribution < -0.4 is 10.6 Å². The monoisotopic (exact) mass is 364 g/mol. The molecule has 1 heterocycles. The Labute approximate surface area is 138 Å². The minimum Gasteiger partial charge on any atom is -0.325 e. The third-order valence-electron chi connectivity index (χ3n) is 3.85. The van der Waals surface area contributed by atoms with E-state index in [-0.39, 0.29) is 12.8 Å². The second kappa shape index (κ2) is 7.14. The second-order valence-electron chi connectivity index (χ2n) is 5.38. The van der Waals surface area contributed by atoms with Crippen molar-refractivity contribution >= 4 is 33.2 Å². The number of halogens is 2. The van der Waals surface area contributed by atoms with Crippen molar-refractivity contribution in [2.24, 2.45) is 0 Å². The van der Waals surface area contributed by atoms with Gasteiger partial charge in [-0.1, -0.05) is 17.8 Å². The van der Waals surface area contributed by atoms with Crippen LogP contribution in [0.1, 0.15) is 12.8 Å². The summed E-state index contributed by atoms with van der Waals surface area (Å²) in [4.78, 5) is 12.9. The van der Waals surface area contributed by atoms with Gasteiger partial charge in [0.25, 0.3) is 5.76 Å². The van der Waals surface area contributed by atoms with Gasteiger partial charge >= 0.3 is 0 Å². The molecule has 0 aliphatic carbocycles. The molecule has 1 aromatic rings. The third kappa shape index (κ3) is 4.21. The maximum absolute atomic E-state index is 12.6. The Morgan fingerprint density at radius 2 is 2.00 bits per heavy atom. The smallest absolute Gasteiger partial charge is 0.288 e. The van der Waals surface area contributed by atoms with Crippen molar-refractivity contribution in [3.63, 3.8) is 0 Å². The predicted octanol–water partition coefficient (Wildman–Crippen LogP) is 2.11.